The zero-order valence-corrected chi connectivity index (χ0v) is 15.3. The van der Waals surface area contributed by atoms with E-state index >= 15 is 0 Å². The third kappa shape index (κ3) is 6.38. The number of hydrogen-bond acceptors (Lipinski definition) is 3. The van der Waals surface area contributed by atoms with Crippen molar-refractivity contribution in [1.82, 2.24) is 4.90 Å². The van der Waals surface area contributed by atoms with E-state index in [4.69, 9.17) is 4.74 Å². The Morgan fingerprint density at radius 3 is 2.28 bits per heavy atom. The van der Waals surface area contributed by atoms with E-state index < -0.39 is 0 Å². The molecule has 0 aliphatic carbocycles. The maximum absolute atomic E-state index is 12.5. The highest BCUT2D eigenvalue weighted by Gasteiger charge is 2.22. The van der Waals surface area contributed by atoms with E-state index in [-0.39, 0.29) is 11.8 Å². The Labute approximate surface area is 150 Å². The fourth-order valence-electron chi connectivity index (χ4n) is 3.06. The number of likely N-dealkylation sites (N-methyl/N-ethyl adjacent to an activating group) is 1. The van der Waals surface area contributed by atoms with Crippen LogP contribution in [0.4, 0.5) is 5.69 Å². The Balaban J connectivity index is 1.82. The summed E-state index contributed by atoms with van der Waals surface area (Å²) in [5.41, 5.74) is 0.736. The van der Waals surface area contributed by atoms with Crippen molar-refractivity contribution in [3.05, 3.63) is 24.3 Å². The van der Waals surface area contributed by atoms with Crippen LogP contribution in [0.25, 0.3) is 0 Å². The smallest absolute Gasteiger partial charge is 0.279 e. The van der Waals surface area contributed by atoms with E-state index in [1.807, 2.05) is 36.1 Å². The number of carbonyl (C=O) groups is 2. The molecule has 0 radical (unpaired) electrons. The largest absolute Gasteiger partial charge is 0.497 e. The van der Waals surface area contributed by atoms with Crippen LogP contribution in [0.15, 0.2) is 24.3 Å². The molecule has 1 aromatic carbocycles. The molecule has 1 fully saturated rings. The molecule has 1 saturated heterocycles. The van der Waals surface area contributed by atoms with Gasteiger partial charge in [-0.2, -0.15) is 0 Å². The minimum absolute atomic E-state index is 0.0781. The molecule has 1 heterocycles. The maximum atomic E-state index is 12.5. The third-order valence-electron chi connectivity index (χ3n) is 4.64. The van der Waals surface area contributed by atoms with Gasteiger partial charge < -0.3 is 19.9 Å². The van der Waals surface area contributed by atoms with Crippen molar-refractivity contribution >= 4 is 17.5 Å². The second kappa shape index (κ2) is 10.0. The van der Waals surface area contributed by atoms with Crippen LogP contribution in [0.5, 0.6) is 5.75 Å². The van der Waals surface area contributed by atoms with E-state index in [1.54, 1.807) is 7.11 Å². The number of quaternary nitrogens is 1. The van der Waals surface area contributed by atoms with Crippen molar-refractivity contribution in [2.75, 3.05) is 45.2 Å². The van der Waals surface area contributed by atoms with Gasteiger partial charge >= 0.3 is 0 Å². The summed E-state index contributed by atoms with van der Waals surface area (Å²) in [4.78, 5) is 27.7. The van der Waals surface area contributed by atoms with Gasteiger partial charge in [-0.25, -0.2) is 0 Å². The van der Waals surface area contributed by atoms with E-state index in [0.29, 0.717) is 13.1 Å². The summed E-state index contributed by atoms with van der Waals surface area (Å²) < 4.78 is 5.11. The van der Waals surface area contributed by atoms with Gasteiger partial charge in [-0.1, -0.05) is 12.8 Å². The van der Waals surface area contributed by atoms with Crippen molar-refractivity contribution < 1.29 is 19.2 Å². The molecule has 6 heteroatoms. The third-order valence-corrected chi connectivity index (χ3v) is 4.64. The lowest BCUT2D eigenvalue weighted by molar-refractivity contribution is -0.882. The summed E-state index contributed by atoms with van der Waals surface area (Å²) in [5.74, 6) is 0.837. The summed E-state index contributed by atoms with van der Waals surface area (Å²) in [5, 5.41) is 2.88. The van der Waals surface area contributed by atoms with Crippen LogP contribution in [0.2, 0.25) is 0 Å². The standard InChI is InChI=1S/C19H29N3O3/c1-3-21(15-19(24)22-12-6-4-5-7-13-22)14-18(23)20-16-8-10-17(25-2)11-9-16/h8-11H,3-7,12-15H2,1-2H3,(H,20,23)/p+1. The van der Waals surface area contributed by atoms with Crippen molar-refractivity contribution in [1.29, 1.82) is 0 Å². The fourth-order valence-corrected chi connectivity index (χ4v) is 3.06. The molecule has 2 amide bonds. The number of carbonyl (C=O) groups excluding carboxylic acids is 2. The minimum atomic E-state index is -0.0781. The Morgan fingerprint density at radius 1 is 1.08 bits per heavy atom. The lowest BCUT2D eigenvalue weighted by Crippen LogP contribution is -3.14. The summed E-state index contributed by atoms with van der Waals surface area (Å²) in [7, 11) is 1.61. The molecule has 0 aromatic heterocycles. The zero-order chi connectivity index (χ0) is 18.1. The molecule has 25 heavy (non-hydrogen) atoms. The van der Waals surface area contributed by atoms with Gasteiger partial charge in [0.15, 0.2) is 13.1 Å². The number of likely N-dealkylation sites (tertiary alicyclic amines) is 1. The molecular formula is C19H30N3O3+. The van der Waals surface area contributed by atoms with Crippen LogP contribution in [0, 0.1) is 0 Å². The topological polar surface area (TPSA) is 63.1 Å². The summed E-state index contributed by atoms with van der Waals surface area (Å²) in [6, 6.07) is 7.24. The number of anilines is 1. The lowest BCUT2D eigenvalue weighted by Gasteiger charge is -2.23. The number of ether oxygens (including phenoxy) is 1. The molecule has 0 saturated carbocycles. The Bertz CT molecular complexity index is 552. The summed E-state index contributed by atoms with van der Waals surface area (Å²) in [6.07, 6.45) is 4.59. The van der Waals surface area contributed by atoms with Crippen molar-refractivity contribution in [2.24, 2.45) is 0 Å². The Morgan fingerprint density at radius 2 is 1.72 bits per heavy atom. The molecule has 1 aliphatic heterocycles. The molecule has 1 aliphatic rings. The molecule has 0 bridgehead atoms. The first kappa shape index (κ1) is 19.2. The van der Waals surface area contributed by atoms with E-state index in [2.05, 4.69) is 5.32 Å². The highest BCUT2D eigenvalue weighted by Crippen LogP contribution is 2.14. The van der Waals surface area contributed by atoms with Gasteiger partial charge in [0.2, 0.25) is 0 Å². The first-order valence-electron chi connectivity index (χ1n) is 9.17. The molecular weight excluding hydrogens is 318 g/mol. The van der Waals surface area contributed by atoms with Crippen LogP contribution in [0.1, 0.15) is 32.6 Å². The summed E-state index contributed by atoms with van der Waals surface area (Å²) >= 11 is 0. The van der Waals surface area contributed by atoms with Crippen molar-refractivity contribution in [3.63, 3.8) is 0 Å². The van der Waals surface area contributed by atoms with Crippen LogP contribution < -0.4 is 15.0 Å². The molecule has 138 valence electrons. The average Bonchev–Trinajstić information content (AvgIpc) is 2.91. The van der Waals surface area contributed by atoms with E-state index in [9.17, 15) is 9.59 Å². The zero-order valence-electron chi connectivity index (χ0n) is 15.3. The molecule has 2 N–H and O–H groups in total. The van der Waals surface area contributed by atoms with Crippen LogP contribution in [-0.4, -0.2) is 56.5 Å². The first-order chi connectivity index (χ1) is 12.1. The first-order valence-corrected chi connectivity index (χ1v) is 9.17. The van der Waals surface area contributed by atoms with E-state index in [1.165, 1.54) is 12.8 Å². The molecule has 1 aromatic rings. The van der Waals surface area contributed by atoms with Crippen molar-refractivity contribution in [3.8, 4) is 5.75 Å². The molecule has 1 atom stereocenters. The second-order valence-electron chi connectivity index (χ2n) is 6.53. The summed E-state index contributed by atoms with van der Waals surface area (Å²) in [6.45, 7) is 5.14. The minimum Gasteiger partial charge on any atom is -0.497 e. The monoisotopic (exact) mass is 348 g/mol. The Kier molecular flexibility index (Phi) is 7.73. The van der Waals surface area contributed by atoms with Crippen LogP contribution >= 0.6 is 0 Å². The van der Waals surface area contributed by atoms with Gasteiger partial charge in [-0.3, -0.25) is 9.59 Å². The average molecular weight is 348 g/mol. The quantitative estimate of drug-likeness (QED) is 0.771. The SMILES string of the molecule is CC[NH+](CC(=O)Nc1ccc(OC)cc1)CC(=O)N1CCCCCC1. The molecule has 0 spiro atoms. The lowest BCUT2D eigenvalue weighted by atomic mass is 10.2. The number of benzene rings is 1. The van der Waals surface area contributed by atoms with Gasteiger partial charge in [0.1, 0.15) is 5.75 Å². The number of hydrogen-bond donors (Lipinski definition) is 2. The number of rotatable bonds is 7. The Hall–Kier alpha value is -2.08. The van der Waals surface area contributed by atoms with Crippen LogP contribution in [-0.2, 0) is 9.59 Å². The van der Waals surface area contributed by atoms with Crippen molar-refractivity contribution in [2.45, 2.75) is 32.6 Å². The predicted octanol–water partition coefficient (Wildman–Crippen LogP) is 0.941. The van der Waals surface area contributed by atoms with E-state index in [0.717, 1.165) is 48.8 Å². The normalized spacial score (nSPS) is 16.0. The number of methoxy groups -OCH3 is 1. The molecule has 6 nitrogen and oxygen atoms in total. The molecule has 1 unspecified atom stereocenters. The fraction of sp³-hybridized carbons (Fsp3) is 0.579. The second-order valence-corrected chi connectivity index (χ2v) is 6.53. The van der Waals surface area contributed by atoms with Gasteiger partial charge in [-0.15, -0.1) is 0 Å². The van der Waals surface area contributed by atoms with Crippen LogP contribution in [0.3, 0.4) is 0 Å². The number of amides is 2. The van der Waals surface area contributed by atoms with Gasteiger partial charge in [0.25, 0.3) is 11.8 Å². The molecule has 2 rings (SSSR count). The number of nitrogens with one attached hydrogen (secondary N) is 2. The van der Waals surface area contributed by atoms with Gasteiger partial charge in [0.05, 0.1) is 13.7 Å². The maximum Gasteiger partial charge on any atom is 0.279 e. The van der Waals surface area contributed by atoms with Gasteiger partial charge in [-0.05, 0) is 44.0 Å². The number of nitrogens with zero attached hydrogens (tertiary/aromatic N) is 1. The highest BCUT2D eigenvalue weighted by atomic mass is 16.5. The highest BCUT2D eigenvalue weighted by molar-refractivity contribution is 5.91. The predicted molar refractivity (Wildman–Crippen MR) is 97.9 cm³/mol. The van der Waals surface area contributed by atoms with Gasteiger partial charge in [0, 0.05) is 18.8 Å².